The van der Waals surface area contributed by atoms with E-state index >= 15 is 0 Å². The lowest BCUT2D eigenvalue weighted by Gasteiger charge is -2.05. The first-order valence-corrected chi connectivity index (χ1v) is 6.13. The van der Waals surface area contributed by atoms with Crippen molar-refractivity contribution >= 4 is 28.6 Å². The first-order chi connectivity index (χ1) is 10.4. The fourth-order valence-electron chi connectivity index (χ4n) is 2.27. The van der Waals surface area contributed by atoms with Crippen molar-refractivity contribution in [2.45, 2.75) is 12.5 Å². The SMILES string of the molecule is C=Cc1ccc2[nH]cc(CC(C(=O)O)[N+](=O)[O-])c2c1[N+](=O)[O-]. The maximum absolute atomic E-state index is 11.3. The molecule has 1 aromatic carbocycles. The van der Waals surface area contributed by atoms with Gasteiger partial charge in [-0.05, 0) is 17.7 Å². The number of hydrogen-bond acceptors (Lipinski definition) is 5. The summed E-state index contributed by atoms with van der Waals surface area (Å²) in [5.74, 6) is -1.60. The van der Waals surface area contributed by atoms with E-state index in [-0.39, 0.29) is 22.2 Å². The summed E-state index contributed by atoms with van der Waals surface area (Å²) >= 11 is 0. The van der Waals surface area contributed by atoms with Crippen LogP contribution >= 0.6 is 0 Å². The summed E-state index contributed by atoms with van der Waals surface area (Å²) in [5.41, 5.74) is 0.608. The lowest BCUT2D eigenvalue weighted by Crippen LogP contribution is -2.31. The maximum Gasteiger partial charge on any atom is 0.379 e. The highest BCUT2D eigenvalue weighted by atomic mass is 16.6. The number of aromatic amines is 1. The molecule has 114 valence electrons. The molecule has 9 nitrogen and oxygen atoms in total. The molecule has 0 saturated carbocycles. The standard InChI is InChI=1S/C13H11N3O6/c1-2-7-3-4-9-11(12(7)16(21)22)8(6-14-9)5-10(13(17)18)15(19)20/h2-4,6,10,14H,1,5H2,(H,17,18). The number of fused-ring (bicyclic) bond motifs is 1. The third-order valence-corrected chi connectivity index (χ3v) is 3.29. The van der Waals surface area contributed by atoms with Gasteiger partial charge >= 0.3 is 12.0 Å². The van der Waals surface area contributed by atoms with Crippen molar-refractivity contribution < 1.29 is 19.7 Å². The maximum atomic E-state index is 11.3. The smallest absolute Gasteiger partial charge is 0.379 e. The molecule has 9 heteroatoms. The topological polar surface area (TPSA) is 139 Å². The Morgan fingerprint density at radius 1 is 1.41 bits per heavy atom. The zero-order chi connectivity index (χ0) is 16.4. The third-order valence-electron chi connectivity index (χ3n) is 3.29. The summed E-state index contributed by atoms with van der Waals surface area (Å²) < 4.78 is 0. The number of carboxylic acids is 1. The second kappa shape index (κ2) is 5.64. The fourth-order valence-corrected chi connectivity index (χ4v) is 2.27. The second-order valence-electron chi connectivity index (χ2n) is 4.54. The Labute approximate surface area is 123 Å². The molecule has 0 spiro atoms. The first-order valence-electron chi connectivity index (χ1n) is 6.13. The molecule has 0 radical (unpaired) electrons. The highest BCUT2D eigenvalue weighted by molar-refractivity contribution is 5.95. The molecule has 2 aromatic rings. The van der Waals surface area contributed by atoms with E-state index in [4.69, 9.17) is 5.11 Å². The summed E-state index contributed by atoms with van der Waals surface area (Å²) in [6, 6.07) is 1.20. The number of carboxylic acid groups (broad SMARTS) is 1. The van der Waals surface area contributed by atoms with Crippen LogP contribution in [0, 0.1) is 20.2 Å². The Hall–Kier alpha value is -3.23. The van der Waals surface area contributed by atoms with Crippen LogP contribution in [-0.4, -0.2) is 31.9 Å². The van der Waals surface area contributed by atoms with Gasteiger partial charge in [-0.15, -0.1) is 0 Å². The molecule has 1 heterocycles. The number of hydrogen-bond donors (Lipinski definition) is 2. The zero-order valence-corrected chi connectivity index (χ0v) is 11.2. The average Bonchev–Trinajstić information content (AvgIpc) is 2.85. The van der Waals surface area contributed by atoms with E-state index in [1.807, 2.05) is 0 Å². The molecule has 0 amide bonds. The normalized spacial score (nSPS) is 12.0. The Balaban J connectivity index is 2.65. The van der Waals surface area contributed by atoms with E-state index in [1.54, 1.807) is 6.07 Å². The van der Waals surface area contributed by atoms with Crippen molar-refractivity contribution in [3.05, 3.63) is 56.3 Å². The number of nitrogens with one attached hydrogen (secondary N) is 1. The van der Waals surface area contributed by atoms with Crippen molar-refractivity contribution in [3.63, 3.8) is 0 Å². The molecule has 1 aromatic heterocycles. The van der Waals surface area contributed by atoms with Gasteiger partial charge in [-0.2, -0.15) is 0 Å². The predicted octanol–water partition coefficient (Wildman–Crippen LogP) is 1.99. The molecule has 0 aliphatic rings. The third kappa shape index (κ3) is 2.51. The quantitative estimate of drug-likeness (QED) is 0.617. The van der Waals surface area contributed by atoms with Crippen molar-refractivity contribution in [2.75, 3.05) is 0 Å². The van der Waals surface area contributed by atoms with Gasteiger partial charge < -0.3 is 10.1 Å². The molecule has 2 N–H and O–H groups in total. The molecular formula is C13H11N3O6. The molecule has 1 unspecified atom stereocenters. The number of nitro groups is 2. The highest BCUT2D eigenvalue weighted by Gasteiger charge is 2.32. The Kier molecular flexibility index (Phi) is 3.89. The molecule has 0 fully saturated rings. The van der Waals surface area contributed by atoms with Crippen LogP contribution in [0.25, 0.3) is 17.0 Å². The van der Waals surface area contributed by atoms with Gasteiger partial charge in [0.05, 0.1) is 27.8 Å². The van der Waals surface area contributed by atoms with E-state index in [1.165, 1.54) is 18.3 Å². The number of aliphatic carboxylic acids is 1. The number of nitrogens with zero attached hydrogens (tertiary/aromatic N) is 2. The lowest BCUT2D eigenvalue weighted by molar-refractivity contribution is -0.509. The van der Waals surface area contributed by atoms with Crippen LogP contribution in [0.4, 0.5) is 5.69 Å². The average molecular weight is 305 g/mol. The summed E-state index contributed by atoms with van der Waals surface area (Å²) in [6.07, 6.45) is 2.20. The van der Waals surface area contributed by atoms with Gasteiger partial charge in [0.1, 0.15) is 0 Å². The summed E-state index contributed by atoms with van der Waals surface area (Å²) in [7, 11) is 0. The fraction of sp³-hybridized carbons (Fsp3) is 0.154. The van der Waals surface area contributed by atoms with Crippen molar-refractivity contribution in [1.29, 1.82) is 0 Å². The van der Waals surface area contributed by atoms with E-state index in [0.29, 0.717) is 5.52 Å². The van der Waals surface area contributed by atoms with Crippen molar-refractivity contribution in [2.24, 2.45) is 0 Å². The molecule has 0 saturated heterocycles. The summed E-state index contributed by atoms with van der Waals surface area (Å²) in [5, 5.41) is 31.2. The van der Waals surface area contributed by atoms with Crippen LogP contribution in [0.2, 0.25) is 0 Å². The van der Waals surface area contributed by atoms with Crippen molar-refractivity contribution in [1.82, 2.24) is 4.98 Å². The molecule has 0 bridgehead atoms. The molecule has 22 heavy (non-hydrogen) atoms. The monoisotopic (exact) mass is 305 g/mol. The first kappa shape index (κ1) is 15.2. The largest absolute Gasteiger partial charge is 0.476 e. The van der Waals surface area contributed by atoms with E-state index < -0.39 is 28.3 Å². The van der Waals surface area contributed by atoms with Gasteiger partial charge in [-0.3, -0.25) is 20.2 Å². The molecule has 0 aliphatic carbocycles. The lowest BCUT2D eigenvalue weighted by atomic mass is 10.0. The molecule has 0 aliphatic heterocycles. The van der Waals surface area contributed by atoms with Gasteiger partial charge in [-0.25, -0.2) is 4.79 Å². The molecule has 1 atom stereocenters. The Morgan fingerprint density at radius 2 is 2.09 bits per heavy atom. The van der Waals surface area contributed by atoms with Crippen LogP contribution < -0.4 is 0 Å². The summed E-state index contributed by atoms with van der Waals surface area (Å²) in [6.45, 7) is 3.50. The predicted molar refractivity (Wildman–Crippen MR) is 77.2 cm³/mol. The van der Waals surface area contributed by atoms with Gasteiger partial charge in [-0.1, -0.05) is 12.7 Å². The number of benzene rings is 1. The minimum atomic E-state index is -1.87. The van der Waals surface area contributed by atoms with Gasteiger partial charge in [0.25, 0.3) is 5.69 Å². The highest BCUT2D eigenvalue weighted by Crippen LogP contribution is 2.33. The minimum Gasteiger partial charge on any atom is -0.476 e. The summed E-state index contributed by atoms with van der Waals surface area (Å²) in [4.78, 5) is 34.3. The number of carbonyl (C=O) groups is 1. The number of H-pyrrole nitrogens is 1. The van der Waals surface area contributed by atoms with Crippen LogP contribution in [0.15, 0.2) is 24.9 Å². The van der Waals surface area contributed by atoms with E-state index in [9.17, 15) is 25.0 Å². The Morgan fingerprint density at radius 3 is 2.59 bits per heavy atom. The second-order valence-corrected chi connectivity index (χ2v) is 4.54. The van der Waals surface area contributed by atoms with Crippen LogP contribution in [0.3, 0.4) is 0 Å². The van der Waals surface area contributed by atoms with Crippen LogP contribution in [0.5, 0.6) is 0 Å². The number of nitro benzene ring substituents is 1. The van der Waals surface area contributed by atoms with Crippen molar-refractivity contribution in [3.8, 4) is 0 Å². The minimum absolute atomic E-state index is 0.163. The molecular weight excluding hydrogens is 294 g/mol. The van der Waals surface area contributed by atoms with Gasteiger partial charge in [0.2, 0.25) is 0 Å². The van der Waals surface area contributed by atoms with Crippen LogP contribution in [0.1, 0.15) is 11.1 Å². The number of rotatable bonds is 6. The number of aromatic nitrogens is 1. The van der Waals surface area contributed by atoms with E-state index in [2.05, 4.69) is 11.6 Å². The van der Waals surface area contributed by atoms with E-state index in [0.717, 1.165) is 0 Å². The van der Waals surface area contributed by atoms with Gasteiger partial charge in [0.15, 0.2) is 0 Å². The van der Waals surface area contributed by atoms with Crippen LogP contribution in [-0.2, 0) is 11.2 Å². The Bertz CT molecular complexity index is 780. The van der Waals surface area contributed by atoms with Gasteiger partial charge in [0, 0.05) is 11.1 Å². The zero-order valence-electron chi connectivity index (χ0n) is 11.2. The molecule has 2 rings (SSSR count).